The van der Waals surface area contributed by atoms with E-state index in [0.717, 1.165) is 38.1 Å². The molecule has 0 bridgehead atoms. The van der Waals surface area contributed by atoms with Crippen LogP contribution >= 0.6 is 0 Å². The maximum Gasteiger partial charge on any atom is 0.0118 e. The van der Waals surface area contributed by atoms with Gasteiger partial charge in [-0.05, 0) is 38.9 Å². The van der Waals surface area contributed by atoms with E-state index in [1.54, 1.807) is 0 Å². The van der Waals surface area contributed by atoms with Gasteiger partial charge < -0.3 is 15.1 Å². The van der Waals surface area contributed by atoms with E-state index in [4.69, 9.17) is 0 Å². The number of hydrogen-bond acceptors (Lipinski definition) is 3. The molecule has 2 unspecified atom stereocenters. The zero-order valence-electron chi connectivity index (χ0n) is 13.6. The maximum atomic E-state index is 3.59. The molecule has 0 spiro atoms. The average Bonchev–Trinajstić information content (AvgIpc) is 2.43. The summed E-state index contributed by atoms with van der Waals surface area (Å²) in [5, 5.41) is 3.59. The first-order valence-corrected chi connectivity index (χ1v) is 8.32. The van der Waals surface area contributed by atoms with Gasteiger partial charge in [0.25, 0.3) is 0 Å². The molecule has 1 rings (SSSR count). The monoisotopic (exact) mass is 269 g/mol. The molecule has 1 aliphatic rings. The Morgan fingerprint density at radius 3 is 2.26 bits per heavy atom. The number of nitrogens with one attached hydrogen (secondary N) is 1. The number of hydrogen-bond donors (Lipinski definition) is 1. The van der Waals surface area contributed by atoms with Crippen molar-refractivity contribution in [3.63, 3.8) is 0 Å². The third-order valence-electron chi connectivity index (χ3n) is 4.77. The Morgan fingerprint density at radius 1 is 1.00 bits per heavy atom. The Hall–Kier alpha value is -0.120. The van der Waals surface area contributed by atoms with Gasteiger partial charge in [-0.1, -0.05) is 33.6 Å². The molecule has 114 valence electrons. The highest BCUT2D eigenvalue weighted by atomic mass is 15.2. The third kappa shape index (κ3) is 6.24. The summed E-state index contributed by atoms with van der Waals surface area (Å²) in [5.41, 5.74) is 0. The molecule has 1 aliphatic carbocycles. The van der Waals surface area contributed by atoms with Crippen molar-refractivity contribution < 1.29 is 0 Å². The minimum absolute atomic E-state index is 0.818. The van der Waals surface area contributed by atoms with Gasteiger partial charge in [-0.15, -0.1) is 0 Å². The topological polar surface area (TPSA) is 18.5 Å². The van der Waals surface area contributed by atoms with Crippen LogP contribution in [0.2, 0.25) is 0 Å². The van der Waals surface area contributed by atoms with Crippen LogP contribution in [-0.2, 0) is 0 Å². The summed E-state index contributed by atoms with van der Waals surface area (Å²) in [6.45, 7) is 13.8. The smallest absolute Gasteiger partial charge is 0.0118 e. The average molecular weight is 269 g/mol. The molecule has 2 atom stereocenters. The predicted molar refractivity (Wildman–Crippen MR) is 84.7 cm³/mol. The molecule has 0 aromatic rings. The van der Waals surface area contributed by atoms with Crippen molar-refractivity contribution in [2.45, 2.75) is 52.5 Å². The van der Waals surface area contributed by atoms with E-state index in [1.807, 2.05) is 0 Å². The summed E-state index contributed by atoms with van der Waals surface area (Å²) >= 11 is 0. The molecule has 1 N–H and O–H groups in total. The molecule has 3 nitrogen and oxygen atoms in total. The molecular formula is C16H35N3. The van der Waals surface area contributed by atoms with E-state index in [1.165, 1.54) is 38.8 Å². The van der Waals surface area contributed by atoms with Gasteiger partial charge in [0.05, 0.1) is 0 Å². The van der Waals surface area contributed by atoms with Crippen LogP contribution in [0.25, 0.3) is 0 Å². The lowest BCUT2D eigenvalue weighted by Crippen LogP contribution is -2.43. The van der Waals surface area contributed by atoms with E-state index in [2.05, 4.69) is 42.9 Å². The normalized spacial score (nSPS) is 24.3. The summed E-state index contributed by atoms with van der Waals surface area (Å²) < 4.78 is 0. The highest BCUT2D eigenvalue weighted by Gasteiger charge is 2.24. The number of likely N-dealkylation sites (N-methyl/N-ethyl adjacent to an activating group) is 2. The Labute approximate surface area is 120 Å². The highest BCUT2D eigenvalue weighted by molar-refractivity contribution is 4.79. The second-order valence-electron chi connectivity index (χ2n) is 6.09. The van der Waals surface area contributed by atoms with Crippen LogP contribution in [0.4, 0.5) is 0 Å². The van der Waals surface area contributed by atoms with Gasteiger partial charge in [0.15, 0.2) is 0 Å². The maximum absolute atomic E-state index is 3.59. The van der Waals surface area contributed by atoms with E-state index in [0.29, 0.717) is 0 Å². The minimum atomic E-state index is 0.818. The van der Waals surface area contributed by atoms with E-state index in [-0.39, 0.29) is 0 Å². The fraction of sp³-hybridized carbons (Fsp3) is 1.00. The molecule has 0 aromatic heterocycles. The van der Waals surface area contributed by atoms with Crippen LogP contribution in [0.1, 0.15) is 46.5 Å². The van der Waals surface area contributed by atoms with Crippen LogP contribution in [0.5, 0.6) is 0 Å². The van der Waals surface area contributed by atoms with E-state index < -0.39 is 0 Å². The summed E-state index contributed by atoms with van der Waals surface area (Å²) in [6.07, 6.45) is 5.68. The van der Waals surface area contributed by atoms with E-state index >= 15 is 0 Å². The van der Waals surface area contributed by atoms with Gasteiger partial charge in [0.2, 0.25) is 0 Å². The molecule has 3 heteroatoms. The fourth-order valence-corrected chi connectivity index (χ4v) is 3.27. The van der Waals surface area contributed by atoms with Crippen molar-refractivity contribution >= 4 is 0 Å². The molecule has 0 aliphatic heterocycles. The zero-order valence-corrected chi connectivity index (χ0v) is 13.6. The van der Waals surface area contributed by atoms with Crippen LogP contribution in [0, 0.1) is 5.92 Å². The molecule has 0 amide bonds. The van der Waals surface area contributed by atoms with Crippen molar-refractivity contribution in [1.82, 2.24) is 15.1 Å². The fourth-order valence-electron chi connectivity index (χ4n) is 3.27. The molecular weight excluding hydrogens is 234 g/mol. The molecule has 0 heterocycles. The lowest BCUT2D eigenvalue weighted by molar-refractivity contribution is 0.140. The Kier molecular flexibility index (Phi) is 8.67. The SMILES string of the molecule is CCN(CC)CCNCCN(C)C1CCCCC1C. The second kappa shape index (κ2) is 9.73. The van der Waals surface area contributed by atoms with Crippen molar-refractivity contribution in [1.29, 1.82) is 0 Å². The van der Waals surface area contributed by atoms with Gasteiger partial charge in [-0.25, -0.2) is 0 Å². The Balaban J connectivity index is 2.08. The second-order valence-corrected chi connectivity index (χ2v) is 6.09. The predicted octanol–water partition coefficient (Wildman–Crippen LogP) is 2.43. The summed E-state index contributed by atoms with van der Waals surface area (Å²) in [4.78, 5) is 5.05. The largest absolute Gasteiger partial charge is 0.314 e. The van der Waals surface area contributed by atoms with Crippen molar-refractivity contribution in [3.05, 3.63) is 0 Å². The first-order chi connectivity index (χ1) is 9.19. The van der Waals surface area contributed by atoms with Gasteiger partial charge in [0, 0.05) is 32.2 Å². The van der Waals surface area contributed by atoms with Crippen LogP contribution in [-0.4, -0.2) is 62.2 Å². The Bertz CT molecular complexity index is 216. The first kappa shape index (κ1) is 16.9. The summed E-state index contributed by atoms with van der Waals surface area (Å²) in [6, 6.07) is 0.818. The molecule has 0 radical (unpaired) electrons. The van der Waals surface area contributed by atoms with Crippen molar-refractivity contribution in [2.24, 2.45) is 5.92 Å². The van der Waals surface area contributed by atoms with Crippen LogP contribution in [0.3, 0.4) is 0 Å². The summed E-state index contributed by atoms with van der Waals surface area (Å²) in [7, 11) is 2.30. The van der Waals surface area contributed by atoms with Crippen molar-refractivity contribution in [2.75, 3.05) is 46.3 Å². The molecule has 19 heavy (non-hydrogen) atoms. The minimum Gasteiger partial charge on any atom is -0.314 e. The van der Waals surface area contributed by atoms with Gasteiger partial charge in [-0.3, -0.25) is 0 Å². The van der Waals surface area contributed by atoms with Crippen LogP contribution < -0.4 is 5.32 Å². The molecule has 1 saturated carbocycles. The standard InChI is InChI=1S/C16H35N3/c1-5-19(6-2)14-12-17-11-13-18(4)16-10-8-7-9-15(16)3/h15-17H,5-14H2,1-4H3. The lowest BCUT2D eigenvalue weighted by atomic mass is 9.85. The van der Waals surface area contributed by atoms with Crippen LogP contribution in [0.15, 0.2) is 0 Å². The van der Waals surface area contributed by atoms with Gasteiger partial charge in [0.1, 0.15) is 0 Å². The van der Waals surface area contributed by atoms with Gasteiger partial charge in [-0.2, -0.15) is 0 Å². The van der Waals surface area contributed by atoms with Gasteiger partial charge >= 0.3 is 0 Å². The quantitative estimate of drug-likeness (QED) is 0.649. The van der Waals surface area contributed by atoms with Crippen molar-refractivity contribution in [3.8, 4) is 0 Å². The number of rotatable bonds is 9. The molecule has 1 fully saturated rings. The first-order valence-electron chi connectivity index (χ1n) is 8.32. The third-order valence-corrected chi connectivity index (χ3v) is 4.77. The van der Waals surface area contributed by atoms with E-state index in [9.17, 15) is 0 Å². The zero-order chi connectivity index (χ0) is 14.1. The summed E-state index contributed by atoms with van der Waals surface area (Å²) in [5.74, 6) is 0.884. The Morgan fingerprint density at radius 2 is 1.63 bits per heavy atom. The lowest BCUT2D eigenvalue weighted by Gasteiger charge is -2.36. The molecule has 0 saturated heterocycles. The highest BCUT2D eigenvalue weighted by Crippen LogP contribution is 2.26. The number of nitrogens with zero attached hydrogens (tertiary/aromatic N) is 2. The molecule has 0 aromatic carbocycles.